The van der Waals surface area contributed by atoms with Crippen LogP contribution in [0.4, 0.5) is 0 Å². The average Bonchev–Trinajstić information content (AvgIpc) is 2.96. The van der Waals surface area contributed by atoms with Gasteiger partial charge in [-0.3, -0.25) is 4.79 Å². The van der Waals surface area contributed by atoms with E-state index in [-0.39, 0.29) is 5.91 Å². The Kier molecular flexibility index (Phi) is 8.03. The fourth-order valence-electron chi connectivity index (χ4n) is 2.52. The second-order valence-electron chi connectivity index (χ2n) is 5.76. The average molecular weight is 360 g/mol. The lowest BCUT2D eigenvalue weighted by molar-refractivity contribution is -0.119. The summed E-state index contributed by atoms with van der Waals surface area (Å²) < 4.78 is 1.91. The van der Waals surface area contributed by atoms with Gasteiger partial charge in [-0.25, -0.2) is 0 Å². The first kappa shape index (κ1) is 18.1. The lowest BCUT2D eigenvalue weighted by Gasteiger charge is -2.29. The Morgan fingerprint density at radius 1 is 1.27 bits per heavy atom. The summed E-state index contributed by atoms with van der Waals surface area (Å²) in [5.41, 5.74) is 0. The third kappa shape index (κ3) is 6.08. The van der Waals surface area contributed by atoms with Gasteiger partial charge in [-0.15, -0.1) is 10.2 Å². The highest BCUT2D eigenvalue weighted by atomic mass is 32.2. The normalized spacial score (nSPS) is 21.7. The maximum atomic E-state index is 12.1. The van der Waals surface area contributed by atoms with Gasteiger partial charge in [0.2, 0.25) is 5.91 Å². The molecule has 1 aliphatic rings. The topological polar surface area (TPSA) is 54.9 Å². The molecule has 0 saturated heterocycles. The number of unbranched alkanes of at least 4 members (excludes halogenated alkanes) is 1. The van der Waals surface area contributed by atoms with Crippen molar-refractivity contribution in [1.82, 2.24) is 15.5 Å². The summed E-state index contributed by atoms with van der Waals surface area (Å²) >= 11 is 4.85. The van der Waals surface area contributed by atoms with Gasteiger partial charge in [0.15, 0.2) is 8.68 Å². The summed E-state index contributed by atoms with van der Waals surface area (Å²) in [6.07, 6.45) is 7.28. The zero-order valence-corrected chi connectivity index (χ0v) is 15.8. The van der Waals surface area contributed by atoms with E-state index in [0.717, 1.165) is 20.9 Å². The number of aromatic nitrogens is 2. The van der Waals surface area contributed by atoms with Crippen LogP contribution in [0.1, 0.15) is 52.4 Å². The highest BCUT2D eigenvalue weighted by Gasteiger charge is 2.22. The van der Waals surface area contributed by atoms with E-state index in [0.29, 0.717) is 17.7 Å². The number of carbonyl (C=O) groups excluding carboxylic acids is 1. The van der Waals surface area contributed by atoms with Crippen molar-refractivity contribution in [2.24, 2.45) is 5.92 Å². The van der Waals surface area contributed by atoms with Gasteiger partial charge < -0.3 is 5.32 Å². The number of nitrogens with zero attached hydrogens (tertiary/aromatic N) is 2. The van der Waals surface area contributed by atoms with Crippen LogP contribution in [0.5, 0.6) is 0 Å². The molecule has 124 valence electrons. The molecule has 1 fully saturated rings. The molecule has 0 bridgehead atoms. The molecular formula is C15H25N3OS3. The predicted molar refractivity (Wildman–Crippen MR) is 95.8 cm³/mol. The SMILES string of the molecule is CCCCSc1nnc(SCC(=O)N[C@H]2CCCC[C@@H]2C)s1. The van der Waals surface area contributed by atoms with E-state index >= 15 is 0 Å². The minimum absolute atomic E-state index is 0.124. The molecule has 4 nitrogen and oxygen atoms in total. The van der Waals surface area contributed by atoms with E-state index in [1.54, 1.807) is 23.1 Å². The minimum Gasteiger partial charge on any atom is -0.352 e. The van der Waals surface area contributed by atoms with Gasteiger partial charge in [0.1, 0.15) is 0 Å². The van der Waals surface area contributed by atoms with Crippen molar-refractivity contribution in [3.05, 3.63) is 0 Å². The first-order valence-electron chi connectivity index (χ1n) is 8.07. The predicted octanol–water partition coefficient (Wildman–Crippen LogP) is 4.22. The summed E-state index contributed by atoms with van der Waals surface area (Å²) in [5, 5.41) is 11.5. The number of hydrogen-bond donors (Lipinski definition) is 1. The van der Waals surface area contributed by atoms with Crippen LogP contribution in [-0.2, 0) is 4.79 Å². The first-order chi connectivity index (χ1) is 10.7. The third-order valence-corrected chi connectivity index (χ3v) is 7.17. The maximum Gasteiger partial charge on any atom is 0.230 e. The molecule has 0 radical (unpaired) electrons. The van der Waals surface area contributed by atoms with Crippen LogP contribution in [0.25, 0.3) is 0 Å². The van der Waals surface area contributed by atoms with E-state index in [4.69, 9.17) is 0 Å². The zero-order valence-electron chi connectivity index (χ0n) is 13.3. The number of nitrogens with one attached hydrogen (secondary N) is 1. The van der Waals surface area contributed by atoms with Crippen molar-refractivity contribution < 1.29 is 4.79 Å². The molecule has 1 N–H and O–H groups in total. The summed E-state index contributed by atoms with van der Waals surface area (Å²) in [6, 6.07) is 0.358. The summed E-state index contributed by atoms with van der Waals surface area (Å²) in [5.74, 6) is 2.26. The monoisotopic (exact) mass is 359 g/mol. The lowest BCUT2D eigenvalue weighted by Crippen LogP contribution is -2.41. The Morgan fingerprint density at radius 3 is 2.73 bits per heavy atom. The fourth-order valence-corrected chi connectivity index (χ4v) is 5.51. The quantitative estimate of drug-likeness (QED) is 0.556. The van der Waals surface area contributed by atoms with Gasteiger partial charge in [-0.05, 0) is 25.2 Å². The largest absolute Gasteiger partial charge is 0.352 e. The number of carbonyl (C=O) groups is 1. The highest BCUT2D eigenvalue weighted by Crippen LogP contribution is 2.29. The Labute approximate surface area is 145 Å². The van der Waals surface area contributed by atoms with Gasteiger partial charge in [0, 0.05) is 11.8 Å². The Balaban J connectivity index is 1.69. The van der Waals surface area contributed by atoms with Crippen LogP contribution in [0, 0.1) is 5.92 Å². The fraction of sp³-hybridized carbons (Fsp3) is 0.800. The molecule has 0 aliphatic heterocycles. The Hall–Kier alpha value is -0.270. The summed E-state index contributed by atoms with van der Waals surface area (Å²) in [4.78, 5) is 12.1. The minimum atomic E-state index is 0.124. The summed E-state index contributed by atoms with van der Waals surface area (Å²) in [7, 11) is 0. The highest BCUT2D eigenvalue weighted by molar-refractivity contribution is 8.03. The smallest absolute Gasteiger partial charge is 0.230 e. The molecule has 1 aromatic rings. The molecule has 1 aromatic heterocycles. The van der Waals surface area contributed by atoms with Crippen LogP contribution in [-0.4, -0.2) is 33.7 Å². The molecule has 22 heavy (non-hydrogen) atoms. The van der Waals surface area contributed by atoms with Crippen LogP contribution in [0.3, 0.4) is 0 Å². The van der Waals surface area contributed by atoms with Gasteiger partial charge in [-0.2, -0.15) is 0 Å². The molecule has 0 unspecified atom stereocenters. The third-order valence-electron chi connectivity index (χ3n) is 3.90. The van der Waals surface area contributed by atoms with E-state index < -0.39 is 0 Å². The van der Waals surface area contributed by atoms with Crippen LogP contribution in [0.15, 0.2) is 8.68 Å². The van der Waals surface area contributed by atoms with Crippen molar-refractivity contribution >= 4 is 40.8 Å². The van der Waals surface area contributed by atoms with Gasteiger partial charge in [-0.1, -0.05) is 68.0 Å². The summed E-state index contributed by atoms with van der Waals surface area (Å²) in [6.45, 7) is 4.43. The molecule has 1 aliphatic carbocycles. The van der Waals surface area contributed by atoms with Crippen molar-refractivity contribution in [1.29, 1.82) is 0 Å². The second-order valence-corrected chi connectivity index (χ2v) is 9.30. The molecule has 0 spiro atoms. The van der Waals surface area contributed by atoms with Gasteiger partial charge in [0.05, 0.1) is 5.75 Å². The zero-order chi connectivity index (χ0) is 15.8. The number of thioether (sulfide) groups is 2. The first-order valence-corrected chi connectivity index (χ1v) is 10.9. The molecule has 1 heterocycles. The van der Waals surface area contributed by atoms with Crippen LogP contribution < -0.4 is 5.32 Å². The molecule has 2 atom stereocenters. The van der Waals surface area contributed by atoms with Gasteiger partial charge >= 0.3 is 0 Å². The molecule has 1 saturated carbocycles. The van der Waals surface area contributed by atoms with E-state index in [2.05, 4.69) is 29.4 Å². The van der Waals surface area contributed by atoms with Crippen LogP contribution >= 0.6 is 34.9 Å². The molecule has 2 rings (SSSR count). The molecular weight excluding hydrogens is 334 g/mol. The van der Waals surface area contributed by atoms with E-state index in [1.165, 1.54) is 43.9 Å². The van der Waals surface area contributed by atoms with Crippen molar-refractivity contribution in [2.45, 2.75) is 67.1 Å². The van der Waals surface area contributed by atoms with Gasteiger partial charge in [0.25, 0.3) is 0 Å². The number of amides is 1. The standard InChI is InChI=1S/C15H25N3OS3/c1-3-4-9-20-14-17-18-15(22-14)21-10-13(19)16-12-8-6-5-7-11(12)2/h11-12H,3-10H2,1-2H3,(H,16,19)/t11-,12-/m0/s1. The number of hydrogen-bond acceptors (Lipinski definition) is 6. The van der Waals surface area contributed by atoms with Crippen molar-refractivity contribution in [3.8, 4) is 0 Å². The molecule has 7 heteroatoms. The van der Waals surface area contributed by atoms with E-state index in [9.17, 15) is 4.79 Å². The van der Waals surface area contributed by atoms with Crippen molar-refractivity contribution in [2.75, 3.05) is 11.5 Å². The maximum absolute atomic E-state index is 12.1. The Morgan fingerprint density at radius 2 is 2.00 bits per heavy atom. The second kappa shape index (κ2) is 9.78. The number of rotatable bonds is 8. The Bertz CT molecular complexity index is 467. The molecule has 0 aromatic carbocycles. The van der Waals surface area contributed by atoms with Crippen molar-refractivity contribution in [3.63, 3.8) is 0 Å². The van der Waals surface area contributed by atoms with E-state index in [1.807, 2.05) is 0 Å². The van der Waals surface area contributed by atoms with Crippen LogP contribution in [0.2, 0.25) is 0 Å². The molecule has 1 amide bonds. The lowest BCUT2D eigenvalue weighted by atomic mass is 9.86.